The molecule has 0 radical (unpaired) electrons. The highest BCUT2D eigenvalue weighted by molar-refractivity contribution is 7.99. The van der Waals surface area contributed by atoms with Crippen molar-refractivity contribution in [3.63, 3.8) is 0 Å². The molecule has 3 aromatic rings. The molecule has 0 amide bonds. The van der Waals surface area contributed by atoms with Gasteiger partial charge in [0.2, 0.25) is 0 Å². The molecule has 3 nitrogen and oxygen atoms in total. The summed E-state index contributed by atoms with van der Waals surface area (Å²) < 4.78 is 5.20. The standard InChI is InChI=1S/C20H18ClNO2S/c1-24-16-7-9-17(10-8-16)25-20-5-3-2-4-14(20)13-22-15-6-11-19(23)18(21)12-15/h2-12,22-23H,13H2,1H3. The Bertz CT molecular complexity index is 853. The van der Waals surface area contributed by atoms with E-state index in [1.165, 1.54) is 10.5 Å². The molecule has 0 aliphatic carbocycles. The monoisotopic (exact) mass is 371 g/mol. The van der Waals surface area contributed by atoms with Crippen LogP contribution in [0, 0.1) is 0 Å². The predicted octanol–water partition coefficient (Wildman–Crippen LogP) is 5.82. The van der Waals surface area contributed by atoms with Gasteiger partial charge >= 0.3 is 0 Å². The van der Waals surface area contributed by atoms with Crippen LogP contribution in [0.3, 0.4) is 0 Å². The molecule has 128 valence electrons. The van der Waals surface area contributed by atoms with Crippen molar-refractivity contribution < 1.29 is 9.84 Å². The number of nitrogens with one attached hydrogen (secondary N) is 1. The maximum atomic E-state index is 9.50. The minimum atomic E-state index is 0.0858. The Balaban J connectivity index is 1.72. The molecule has 0 atom stereocenters. The summed E-state index contributed by atoms with van der Waals surface area (Å²) in [6.07, 6.45) is 0. The van der Waals surface area contributed by atoms with Gasteiger partial charge in [0.1, 0.15) is 11.5 Å². The zero-order chi connectivity index (χ0) is 17.6. The molecule has 0 unspecified atom stereocenters. The molecular formula is C20H18ClNO2S. The molecule has 0 aromatic heterocycles. The van der Waals surface area contributed by atoms with Crippen molar-refractivity contribution in [1.82, 2.24) is 0 Å². The molecule has 25 heavy (non-hydrogen) atoms. The first kappa shape index (κ1) is 17.5. The van der Waals surface area contributed by atoms with E-state index < -0.39 is 0 Å². The molecule has 0 saturated carbocycles. The number of hydrogen-bond acceptors (Lipinski definition) is 4. The maximum absolute atomic E-state index is 9.50. The normalized spacial score (nSPS) is 10.5. The van der Waals surface area contributed by atoms with Crippen molar-refractivity contribution in [2.75, 3.05) is 12.4 Å². The third kappa shape index (κ3) is 4.62. The second-order valence-corrected chi connectivity index (χ2v) is 6.93. The lowest BCUT2D eigenvalue weighted by Crippen LogP contribution is -2.00. The van der Waals surface area contributed by atoms with Gasteiger partial charge in [-0.1, -0.05) is 41.6 Å². The summed E-state index contributed by atoms with van der Waals surface area (Å²) in [6.45, 7) is 0.667. The average Bonchev–Trinajstić information content (AvgIpc) is 2.64. The van der Waals surface area contributed by atoms with E-state index >= 15 is 0 Å². The van der Waals surface area contributed by atoms with E-state index in [-0.39, 0.29) is 5.75 Å². The van der Waals surface area contributed by atoms with E-state index in [4.69, 9.17) is 16.3 Å². The second-order valence-electron chi connectivity index (χ2n) is 5.41. The van der Waals surface area contributed by atoms with Gasteiger partial charge in [-0.25, -0.2) is 0 Å². The molecule has 3 rings (SSSR count). The summed E-state index contributed by atoms with van der Waals surface area (Å²) in [6, 6.07) is 21.4. The lowest BCUT2D eigenvalue weighted by Gasteiger charge is -2.12. The average molecular weight is 372 g/mol. The van der Waals surface area contributed by atoms with Crippen molar-refractivity contribution >= 4 is 29.1 Å². The van der Waals surface area contributed by atoms with E-state index in [1.54, 1.807) is 37.1 Å². The first-order valence-corrected chi connectivity index (χ1v) is 8.97. The number of anilines is 1. The quantitative estimate of drug-likeness (QED) is 0.536. The van der Waals surface area contributed by atoms with Crippen LogP contribution in [-0.2, 0) is 6.54 Å². The third-order valence-corrected chi connectivity index (χ3v) is 5.12. The van der Waals surface area contributed by atoms with Crippen LogP contribution in [0.4, 0.5) is 5.69 Å². The lowest BCUT2D eigenvalue weighted by molar-refractivity contribution is 0.414. The fourth-order valence-electron chi connectivity index (χ4n) is 2.33. The molecular weight excluding hydrogens is 354 g/mol. The van der Waals surface area contributed by atoms with Crippen molar-refractivity contribution in [1.29, 1.82) is 0 Å². The fraction of sp³-hybridized carbons (Fsp3) is 0.100. The van der Waals surface area contributed by atoms with E-state index in [2.05, 4.69) is 17.4 Å². The van der Waals surface area contributed by atoms with Crippen molar-refractivity contribution in [2.45, 2.75) is 16.3 Å². The number of rotatable bonds is 6. The number of hydrogen-bond donors (Lipinski definition) is 2. The minimum Gasteiger partial charge on any atom is -0.506 e. The largest absolute Gasteiger partial charge is 0.506 e. The van der Waals surface area contributed by atoms with Crippen molar-refractivity contribution in [2.24, 2.45) is 0 Å². The summed E-state index contributed by atoms with van der Waals surface area (Å²) >= 11 is 7.67. The van der Waals surface area contributed by atoms with E-state index in [9.17, 15) is 5.11 Å². The zero-order valence-electron chi connectivity index (χ0n) is 13.7. The molecule has 0 fully saturated rings. The topological polar surface area (TPSA) is 41.5 Å². The number of phenols is 1. The molecule has 3 aromatic carbocycles. The van der Waals surface area contributed by atoms with Gasteiger partial charge in [-0.3, -0.25) is 0 Å². The fourth-order valence-corrected chi connectivity index (χ4v) is 3.46. The van der Waals surface area contributed by atoms with Gasteiger partial charge < -0.3 is 15.2 Å². The molecule has 0 aliphatic heterocycles. The van der Waals surface area contributed by atoms with Gasteiger partial charge in [-0.05, 0) is 54.1 Å². The van der Waals surface area contributed by atoms with E-state index in [1.807, 2.05) is 36.4 Å². The van der Waals surface area contributed by atoms with Gasteiger partial charge in [-0.15, -0.1) is 0 Å². The van der Waals surface area contributed by atoms with Crippen molar-refractivity contribution in [3.8, 4) is 11.5 Å². The van der Waals surface area contributed by atoms with Gasteiger partial charge in [0.25, 0.3) is 0 Å². The van der Waals surface area contributed by atoms with Crippen LogP contribution in [0.1, 0.15) is 5.56 Å². The maximum Gasteiger partial charge on any atom is 0.134 e. The summed E-state index contributed by atoms with van der Waals surface area (Å²) in [5.74, 6) is 0.936. The highest BCUT2D eigenvalue weighted by Gasteiger charge is 2.06. The van der Waals surface area contributed by atoms with Crippen molar-refractivity contribution in [3.05, 3.63) is 77.3 Å². The Morgan fingerprint density at radius 3 is 2.52 bits per heavy atom. The van der Waals surface area contributed by atoms with Crippen LogP contribution in [0.5, 0.6) is 11.5 Å². The van der Waals surface area contributed by atoms with Crippen LogP contribution < -0.4 is 10.1 Å². The Labute approximate surface area is 156 Å². The molecule has 0 spiro atoms. The molecule has 0 aliphatic rings. The Hall–Kier alpha value is -2.30. The summed E-state index contributed by atoms with van der Waals surface area (Å²) in [4.78, 5) is 2.34. The zero-order valence-corrected chi connectivity index (χ0v) is 15.3. The molecule has 2 N–H and O–H groups in total. The highest BCUT2D eigenvalue weighted by Crippen LogP contribution is 2.32. The number of benzene rings is 3. The number of ether oxygens (including phenoxy) is 1. The minimum absolute atomic E-state index is 0.0858. The van der Waals surface area contributed by atoms with Crippen LogP contribution in [0.15, 0.2) is 76.5 Å². The number of aromatic hydroxyl groups is 1. The highest BCUT2D eigenvalue weighted by atomic mass is 35.5. The Kier molecular flexibility index (Phi) is 5.74. The lowest BCUT2D eigenvalue weighted by atomic mass is 10.2. The molecule has 0 heterocycles. The summed E-state index contributed by atoms with van der Waals surface area (Å²) in [5, 5.41) is 13.2. The Morgan fingerprint density at radius 1 is 1.04 bits per heavy atom. The van der Waals surface area contributed by atoms with Crippen LogP contribution in [-0.4, -0.2) is 12.2 Å². The van der Waals surface area contributed by atoms with Gasteiger partial charge in [0.05, 0.1) is 12.1 Å². The Morgan fingerprint density at radius 2 is 1.80 bits per heavy atom. The first-order chi connectivity index (χ1) is 12.2. The van der Waals surface area contributed by atoms with E-state index in [0.29, 0.717) is 11.6 Å². The molecule has 5 heteroatoms. The predicted molar refractivity (Wildman–Crippen MR) is 104 cm³/mol. The third-order valence-electron chi connectivity index (χ3n) is 3.69. The van der Waals surface area contributed by atoms with Crippen LogP contribution in [0.2, 0.25) is 5.02 Å². The summed E-state index contributed by atoms with van der Waals surface area (Å²) in [7, 11) is 1.67. The first-order valence-electron chi connectivity index (χ1n) is 7.78. The second kappa shape index (κ2) is 8.19. The number of methoxy groups -OCH3 is 1. The van der Waals surface area contributed by atoms with Gasteiger partial charge in [0.15, 0.2) is 0 Å². The molecule has 0 bridgehead atoms. The van der Waals surface area contributed by atoms with Gasteiger partial charge in [-0.2, -0.15) is 0 Å². The van der Waals surface area contributed by atoms with Crippen LogP contribution >= 0.6 is 23.4 Å². The SMILES string of the molecule is COc1ccc(Sc2ccccc2CNc2ccc(O)c(Cl)c2)cc1. The number of halogens is 1. The van der Waals surface area contributed by atoms with E-state index in [0.717, 1.165) is 16.3 Å². The van der Waals surface area contributed by atoms with Gasteiger partial charge in [0, 0.05) is 22.0 Å². The number of phenolic OH excluding ortho intramolecular Hbond substituents is 1. The van der Waals surface area contributed by atoms with Crippen LogP contribution in [0.25, 0.3) is 0 Å². The smallest absolute Gasteiger partial charge is 0.134 e. The summed E-state index contributed by atoms with van der Waals surface area (Å²) in [5.41, 5.74) is 2.06. The molecule has 0 saturated heterocycles.